The van der Waals surface area contributed by atoms with Gasteiger partial charge in [0.25, 0.3) is 0 Å². The van der Waals surface area contributed by atoms with E-state index in [2.05, 4.69) is 67.8 Å². The number of aliphatic hydroxyl groups excluding tert-OH is 2. The zero-order valence-electron chi connectivity index (χ0n) is 34.1. The van der Waals surface area contributed by atoms with Crippen LogP contribution in [-0.4, -0.2) is 34.9 Å². The van der Waals surface area contributed by atoms with Gasteiger partial charge in [0.15, 0.2) is 0 Å². The van der Waals surface area contributed by atoms with Crippen molar-refractivity contribution >= 4 is 5.91 Å². The summed E-state index contributed by atoms with van der Waals surface area (Å²) in [6.07, 6.45) is 58.0. The van der Waals surface area contributed by atoms with Crippen molar-refractivity contribution in [3.05, 3.63) is 48.6 Å². The molecular weight excluding hydrogens is 627 g/mol. The topological polar surface area (TPSA) is 69.6 Å². The minimum Gasteiger partial charge on any atom is -0.394 e. The van der Waals surface area contributed by atoms with Gasteiger partial charge in [0.1, 0.15) is 0 Å². The Morgan fingerprint density at radius 2 is 0.863 bits per heavy atom. The Morgan fingerprint density at radius 3 is 1.29 bits per heavy atom. The third kappa shape index (κ3) is 39.4. The Hall–Kier alpha value is -1.65. The maximum absolute atomic E-state index is 12.3. The van der Waals surface area contributed by atoms with E-state index in [0.29, 0.717) is 12.8 Å². The normalized spacial score (nSPS) is 13.4. The van der Waals surface area contributed by atoms with Crippen molar-refractivity contribution in [1.82, 2.24) is 5.32 Å². The van der Waals surface area contributed by atoms with Crippen molar-refractivity contribution in [2.75, 3.05) is 6.61 Å². The van der Waals surface area contributed by atoms with Crippen molar-refractivity contribution in [3.63, 3.8) is 0 Å². The van der Waals surface area contributed by atoms with E-state index in [9.17, 15) is 15.0 Å². The lowest BCUT2D eigenvalue weighted by atomic mass is 10.0. The fraction of sp³-hybridized carbons (Fsp3) is 0.809. The van der Waals surface area contributed by atoms with Crippen LogP contribution in [0.5, 0.6) is 0 Å². The predicted octanol–water partition coefficient (Wildman–Crippen LogP) is 14.0. The number of rotatable bonds is 40. The molecule has 0 aliphatic rings. The van der Waals surface area contributed by atoms with Crippen LogP contribution in [0.3, 0.4) is 0 Å². The van der Waals surface area contributed by atoms with Gasteiger partial charge in [-0.1, -0.05) is 217 Å². The van der Waals surface area contributed by atoms with E-state index in [-0.39, 0.29) is 12.5 Å². The highest BCUT2D eigenvalue weighted by atomic mass is 16.3. The number of allylic oxidation sites excluding steroid dienone is 8. The first-order valence-corrected chi connectivity index (χ1v) is 22.3. The van der Waals surface area contributed by atoms with Gasteiger partial charge < -0.3 is 15.5 Å². The number of unbranched alkanes of at least 4 members (excludes halogenated alkanes) is 25. The fourth-order valence-electron chi connectivity index (χ4n) is 6.70. The average molecular weight is 714 g/mol. The Balaban J connectivity index is 3.37. The first-order chi connectivity index (χ1) is 25.2. The molecule has 0 aliphatic heterocycles. The molecule has 4 nitrogen and oxygen atoms in total. The minimum absolute atomic E-state index is 0.0357. The summed E-state index contributed by atoms with van der Waals surface area (Å²) in [5.41, 5.74) is 0. The largest absolute Gasteiger partial charge is 0.394 e. The second kappa shape index (κ2) is 42.8. The van der Waals surface area contributed by atoms with Crippen LogP contribution in [0.25, 0.3) is 0 Å². The Kier molecular flexibility index (Phi) is 41.4. The van der Waals surface area contributed by atoms with Gasteiger partial charge in [-0.3, -0.25) is 4.79 Å². The summed E-state index contributed by atoms with van der Waals surface area (Å²) in [5.74, 6) is -0.0357. The molecule has 1 amide bonds. The van der Waals surface area contributed by atoms with Crippen molar-refractivity contribution in [2.45, 2.75) is 238 Å². The maximum Gasteiger partial charge on any atom is 0.220 e. The lowest BCUT2D eigenvalue weighted by Crippen LogP contribution is -2.45. The summed E-state index contributed by atoms with van der Waals surface area (Å²) in [6, 6.07) is -0.531. The third-order valence-corrected chi connectivity index (χ3v) is 10.1. The summed E-state index contributed by atoms with van der Waals surface area (Å²) in [6.45, 7) is 4.19. The van der Waals surface area contributed by atoms with E-state index in [1.807, 2.05) is 0 Å². The highest BCUT2D eigenvalue weighted by Crippen LogP contribution is 2.16. The molecule has 0 aromatic heterocycles. The monoisotopic (exact) mass is 714 g/mol. The van der Waals surface area contributed by atoms with Crippen molar-refractivity contribution < 1.29 is 15.0 Å². The second-order valence-corrected chi connectivity index (χ2v) is 15.1. The summed E-state index contributed by atoms with van der Waals surface area (Å²) in [5, 5.41) is 22.9. The molecule has 0 rings (SSSR count). The molecular formula is C47H87NO3. The minimum atomic E-state index is -0.654. The van der Waals surface area contributed by atoms with Gasteiger partial charge in [0.05, 0.1) is 18.8 Å². The lowest BCUT2D eigenvalue weighted by Gasteiger charge is -2.22. The second-order valence-electron chi connectivity index (χ2n) is 15.1. The molecule has 2 unspecified atom stereocenters. The van der Waals surface area contributed by atoms with Crippen LogP contribution in [0.15, 0.2) is 48.6 Å². The Labute approximate surface area is 318 Å². The average Bonchev–Trinajstić information content (AvgIpc) is 3.13. The van der Waals surface area contributed by atoms with Crippen molar-refractivity contribution in [3.8, 4) is 0 Å². The van der Waals surface area contributed by atoms with Crippen LogP contribution < -0.4 is 5.32 Å². The summed E-state index contributed by atoms with van der Waals surface area (Å²) < 4.78 is 0. The van der Waals surface area contributed by atoms with E-state index in [4.69, 9.17) is 0 Å². The lowest BCUT2D eigenvalue weighted by molar-refractivity contribution is -0.123. The molecule has 0 aliphatic carbocycles. The number of hydrogen-bond donors (Lipinski definition) is 3. The number of aliphatic hydroxyl groups is 2. The number of nitrogens with one attached hydrogen (secondary N) is 1. The van der Waals surface area contributed by atoms with E-state index < -0.39 is 12.1 Å². The van der Waals surface area contributed by atoms with Gasteiger partial charge in [-0.2, -0.15) is 0 Å². The van der Waals surface area contributed by atoms with E-state index in [1.165, 1.54) is 148 Å². The van der Waals surface area contributed by atoms with Gasteiger partial charge in [-0.25, -0.2) is 0 Å². The molecule has 0 aromatic rings. The van der Waals surface area contributed by atoms with Gasteiger partial charge in [-0.15, -0.1) is 0 Å². The van der Waals surface area contributed by atoms with Crippen molar-refractivity contribution in [2.24, 2.45) is 0 Å². The van der Waals surface area contributed by atoms with Gasteiger partial charge in [0, 0.05) is 6.42 Å². The summed E-state index contributed by atoms with van der Waals surface area (Å²) in [7, 11) is 0. The molecule has 0 bridgehead atoms. The predicted molar refractivity (Wildman–Crippen MR) is 225 cm³/mol. The van der Waals surface area contributed by atoms with Crippen molar-refractivity contribution in [1.29, 1.82) is 0 Å². The molecule has 0 radical (unpaired) electrons. The van der Waals surface area contributed by atoms with Gasteiger partial charge >= 0.3 is 0 Å². The number of hydrogen-bond acceptors (Lipinski definition) is 3. The quantitative estimate of drug-likeness (QED) is 0.0437. The first-order valence-electron chi connectivity index (χ1n) is 22.3. The van der Waals surface area contributed by atoms with Gasteiger partial charge in [-0.05, 0) is 51.4 Å². The molecule has 0 saturated heterocycles. The van der Waals surface area contributed by atoms with Gasteiger partial charge in [0.2, 0.25) is 5.91 Å². The molecule has 51 heavy (non-hydrogen) atoms. The van der Waals surface area contributed by atoms with E-state index in [1.54, 1.807) is 0 Å². The molecule has 2 atom stereocenters. The molecule has 298 valence electrons. The summed E-state index contributed by atoms with van der Waals surface area (Å²) >= 11 is 0. The molecule has 4 heteroatoms. The zero-order valence-corrected chi connectivity index (χ0v) is 34.1. The molecule has 0 saturated carbocycles. The third-order valence-electron chi connectivity index (χ3n) is 10.1. The first kappa shape index (κ1) is 49.4. The van der Waals surface area contributed by atoms with E-state index in [0.717, 1.165) is 51.4 Å². The Morgan fingerprint density at radius 1 is 0.490 bits per heavy atom. The van der Waals surface area contributed by atoms with Crippen LogP contribution in [0.1, 0.15) is 226 Å². The van der Waals surface area contributed by atoms with Crippen LogP contribution in [-0.2, 0) is 4.79 Å². The SMILES string of the molecule is CC/C=C\C/C=C\C/C=C\C/C=C\CCCCCCCCCCCCCCCCCCCCCCC(=O)NC(CO)C(O)CCCCCCCC. The smallest absolute Gasteiger partial charge is 0.220 e. The van der Waals surface area contributed by atoms with Crippen LogP contribution >= 0.6 is 0 Å². The van der Waals surface area contributed by atoms with E-state index >= 15 is 0 Å². The molecule has 3 N–H and O–H groups in total. The Bertz CT molecular complexity index is 816. The molecule has 0 fully saturated rings. The summed E-state index contributed by atoms with van der Waals surface area (Å²) in [4.78, 5) is 12.3. The fourth-order valence-corrected chi connectivity index (χ4v) is 6.70. The highest BCUT2D eigenvalue weighted by Gasteiger charge is 2.19. The number of carbonyl (C=O) groups excluding carboxylic acids is 1. The highest BCUT2D eigenvalue weighted by molar-refractivity contribution is 5.76. The maximum atomic E-state index is 12.3. The number of carbonyl (C=O) groups is 1. The standard InChI is InChI=1S/C47H87NO3/c1-3-5-7-9-11-12-13-14-15-16-17-18-19-20-21-22-23-24-25-26-27-28-29-30-31-32-33-34-35-36-37-39-41-43-47(51)48-45(44-49)46(50)42-40-38-10-8-6-4-2/h5,7,11-12,14-15,17-18,45-46,49-50H,3-4,6,8-10,13,16,19-44H2,1-2H3,(H,48,51)/b7-5-,12-11-,15-14-,18-17-. The van der Waals surface area contributed by atoms with Crippen LogP contribution in [0, 0.1) is 0 Å². The number of amides is 1. The van der Waals surface area contributed by atoms with Crippen LogP contribution in [0.2, 0.25) is 0 Å². The van der Waals surface area contributed by atoms with Crippen LogP contribution in [0.4, 0.5) is 0 Å². The molecule has 0 spiro atoms. The molecule has 0 aromatic carbocycles. The zero-order chi connectivity index (χ0) is 37.1. The molecule has 0 heterocycles.